The van der Waals surface area contributed by atoms with Crippen LogP contribution in [0.4, 0.5) is 16.3 Å². The number of aromatic nitrogens is 1. The number of nitrogens with one attached hydrogen (secondary N) is 2. The van der Waals surface area contributed by atoms with Gasteiger partial charge in [-0.3, -0.25) is 0 Å². The minimum atomic E-state index is -0.453. The van der Waals surface area contributed by atoms with E-state index in [1.807, 2.05) is 58.1 Å². The average Bonchev–Trinajstić information content (AvgIpc) is 2.34. The lowest BCUT2D eigenvalue weighted by Gasteiger charge is -2.37. The Morgan fingerprint density at radius 1 is 1.27 bits per heavy atom. The molecule has 2 rings (SSSR count). The molecular weight excluding hydrogens is 280 g/mol. The molecular formula is C16H26N4O2. The largest absolute Gasteiger partial charge is 0.444 e. The molecule has 1 amide bonds. The molecule has 122 valence electrons. The van der Waals surface area contributed by atoms with E-state index >= 15 is 0 Å². The highest BCUT2D eigenvalue weighted by Crippen LogP contribution is 2.25. The lowest BCUT2D eigenvalue weighted by molar-refractivity contribution is 0.0475. The summed E-state index contributed by atoms with van der Waals surface area (Å²) in [5.41, 5.74) is 0.553. The Morgan fingerprint density at radius 2 is 1.95 bits per heavy atom. The van der Waals surface area contributed by atoms with Crippen molar-refractivity contribution in [2.75, 3.05) is 24.3 Å². The molecule has 1 aromatic heterocycles. The van der Waals surface area contributed by atoms with Gasteiger partial charge in [0.05, 0.1) is 11.9 Å². The number of nitrogens with zero attached hydrogens (tertiary/aromatic N) is 2. The van der Waals surface area contributed by atoms with Gasteiger partial charge in [-0.15, -0.1) is 0 Å². The Kier molecular flexibility index (Phi) is 4.78. The number of carbonyl (C=O) groups is 1. The molecule has 1 aliphatic rings. The Hall–Kier alpha value is -1.98. The molecule has 6 heteroatoms. The van der Waals surface area contributed by atoms with Gasteiger partial charge in [-0.25, -0.2) is 9.78 Å². The molecule has 1 saturated carbocycles. The zero-order chi connectivity index (χ0) is 16.3. The van der Waals surface area contributed by atoms with Gasteiger partial charge in [-0.1, -0.05) is 0 Å². The molecule has 2 N–H and O–H groups in total. The summed E-state index contributed by atoms with van der Waals surface area (Å²) >= 11 is 0. The zero-order valence-electron chi connectivity index (χ0n) is 14.0. The number of pyridine rings is 1. The highest BCUT2D eigenvalue weighted by atomic mass is 16.6. The molecule has 0 atom stereocenters. The average molecular weight is 306 g/mol. The maximum atomic E-state index is 11.7. The molecule has 0 unspecified atom stereocenters. The topological polar surface area (TPSA) is 66.5 Å². The molecule has 0 aromatic carbocycles. The number of carbonyl (C=O) groups excluding carboxylic acids is 1. The minimum absolute atomic E-state index is 0.182. The monoisotopic (exact) mass is 306 g/mol. The lowest BCUT2D eigenvalue weighted by atomic mass is 9.87. The normalized spacial score (nSPS) is 20.8. The van der Waals surface area contributed by atoms with Crippen LogP contribution in [-0.2, 0) is 4.74 Å². The first-order chi connectivity index (χ1) is 10.2. The van der Waals surface area contributed by atoms with E-state index in [0.717, 1.165) is 24.3 Å². The van der Waals surface area contributed by atoms with E-state index in [-0.39, 0.29) is 12.1 Å². The van der Waals surface area contributed by atoms with Crippen molar-refractivity contribution in [3.63, 3.8) is 0 Å². The molecule has 22 heavy (non-hydrogen) atoms. The summed E-state index contributed by atoms with van der Waals surface area (Å²) in [5, 5.41) is 6.31. The highest BCUT2D eigenvalue weighted by Gasteiger charge is 2.31. The highest BCUT2D eigenvalue weighted by molar-refractivity contribution is 5.68. The van der Waals surface area contributed by atoms with Crippen LogP contribution < -0.4 is 15.5 Å². The summed E-state index contributed by atoms with van der Waals surface area (Å²) in [6.45, 7) is 5.59. The second-order valence-electron chi connectivity index (χ2n) is 6.96. The van der Waals surface area contributed by atoms with E-state index in [1.165, 1.54) is 0 Å². The van der Waals surface area contributed by atoms with Gasteiger partial charge >= 0.3 is 6.09 Å². The van der Waals surface area contributed by atoms with E-state index < -0.39 is 5.60 Å². The van der Waals surface area contributed by atoms with Gasteiger partial charge in [0.15, 0.2) is 0 Å². The van der Waals surface area contributed by atoms with Gasteiger partial charge in [-0.05, 0) is 45.7 Å². The summed E-state index contributed by atoms with van der Waals surface area (Å²) in [6.07, 6.45) is 3.29. The number of rotatable bonds is 4. The second kappa shape index (κ2) is 6.42. The van der Waals surface area contributed by atoms with Gasteiger partial charge in [0.25, 0.3) is 0 Å². The summed E-state index contributed by atoms with van der Waals surface area (Å²) in [6, 6.07) is 4.56. The summed E-state index contributed by atoms with van der Waals surface area (Å²) in [7, 11) is 3.93. The molecule has 1 fully saturated rings. The van der Waals surface area contributed by atoms with Crippen molar-refractivity contribution >= 4 is 17.6 Å². The number of ether oxygens (including phenoxy) is 1. The van der Waals surface area contributed by atoms with Crippen LogP contribution in [-0.4, -0.2) is 42.9 Å². The Labute approximate surface area is 132 Å². The summed E-state index contributed by atoms with van der Waals surface area (Å²) < 4.78 is 5.25. The Balaban J connectivity index is 1.72. The van der Waals surface area contributed by atoms with Gasteiger partial charge in [-0.2, -0.15) is 0 Å². The number of amides is 1. The van der Waals surface area contributed by atoms with Crippen LogP contribution >= 0.6 is 0 Å². The van der Waals surface area contributed by atoms with Crippen LogP contribution in [0.2, 0.25) is 0 Å². The smallest absolute Gasteiger partial charge is 0.407 e. The van der Waals surface area contributed by atoms with Gasteiger partial charge in [0, 0.05) is 26.2 Å². The zero-order valence-corrected chi connectivity index (χ0v) is 14.0. The molecule has 1 aromatic rings. The van der Waals surface area contributed by atoms with Crippen molar-refractivity contribution in [3.8, 4) is 0 Å². The minimum Gasteiger partial charge on any atom is -0.444 e. The number of alkyl carbamates (subject to hydrolysis) is 1. The maximum absolute atomic E-state index is 11.7. The van der Waals surface area contributed by atoms with E-state index in [2.05, 4.69) is 15.6 Å². The fraction of sp³-hybridized carbons (Fsp3) is 0.625. The first-order valence-electron chi connectivity index (χ1n) is 7.62. The van der Waals surface area contributed by atoms with Gasteiger partial charge in [0.2, 0.25) is 0 Å². The van der Waals surface area contributed by atoms with E-state index in [4.69, 9.17) is 4.74 Å². The Bertz CT molecular complexity index is 502. The SMILES string of the molecule is CN(C)c1ccc(NC2CC(NC(=O)OC(C)(C)C)C2)cn1. The quantitative estimate of drug-likeness (QED) is 0.895. The van der Waals surface area contributed by atoms with Crippen LogP contribution in [0.5, 0.6) is 0 Å². The van der Waals surface area contributed by atoms with Crippen molar-refractivity contribution in [1.29, 1.82) is 0 Å². The molecule has 1 heterocycles. The number of hydrogen-bond donors (Lipinski definition) is 2. The van der Waals surface area contributed by atoms with Gasteiger partial charge < -0.3 is 20.3 Å². The van der Waals surface area contributed by atoms with Crippen LogP contribution in [0.15, 0.2) is 18.3 Å². The van der Waals surface area contributed by atoms with Crippen molar-refractivity contribution < 1.29 is 9.53 Å². The lowest BCUT2D eigenvalue weighted by Crippen LogP contribution is -2.50. The number of anilines is 2. The maximum Gasteiger partial charge on any atom is 0.407 e. The second-order valence-corrected chi connectivity index (χ2v) is 6.96. The van der Waals surface area contributed by atoms with E-state index in [0.29, 0.717) is 6.04 Å². The van der Waals surface area contributed by atoms with E-state index in [1.54, 1.807) is 0 Å². The first kappa shape index (κ1) is 16.4. The van der Waals surface area contributed by atoms with Crippen molar-refractivity contribution in [3.05, 3.63) is 18.3 Å². The van der Waals surface area contributed by atoms with Crippen LogP contribution in [0.25, 0.3) is 0 Å². The molecule has 0 bridgehead atoms. The van der Waals surface area contributed by atoms with Gasteiger partial charge in [0.1, 0.15) is 11.4 Å². The van der Waals surface area contributed by atoms with E-state index in [9.17, 15) is 4.79 Å². The Morgan fingerprint density at radius 3 is 2.45 bits per heavy atom. The predicted octanol–water partition coefficient (Wildman–Crippen LogP) is 2.62. The van der Waals surface area contributed by atoms with Crippen LogP contribution in [0, 0.1) is 0 Å². The molecule has 0 aliphatic heterocycles. The third-order valence-corrected chi connectivity index (χ3v) is 3.44. The van der Waals surface area contributed by atoms with Crippen LogP contribution in [0.1, 0.15) is 33.6 Å². The van der Waals surface area contributed by atoms with Crippen LogP contribution in [0.3, 0.4) is 0 Å². The third kappa shape index (κ3) is 4.79. The molecule has 0 saturated heterocycles. The molecule has 0 radical (unpaired) electrons. The third-order valence-electron chi connectivity index (χ3n) is 3.44. The fourth-order valence-electron chi connectivity index (χ4n) is 2.30. The predicted molar refractivity (Wildman–Crippen MR) is 88.4 cm³/mol. The molecule has 0 spiro atoms. The molecule has 6 nitrogen and oxygen atoms in total. The summed E-state index contributed by atoms with van der Waals surface area (Å²) in [4.78, 5) is 18.0. The van der Waals surface area contributed by atoms with Crippen molar-refractivity contribution in [2.24, 2.45) is 0 Å². The van der Waals surface area contributed by atoms with Crippen molar-refractivity contribution in [1.82, 2.24) is 10.3 Å². The first-order valence-corrected chi connectivity index (χ1v) is 7.62. The standard InChI is InChI=1S/C16H26N4O2/c1-16(2,3)22-15(21)19-13-8-12(9-13)18-11-6-7-14(17-10-11)20(4)5/h6-7,10,12-13,18H,8-9H2,1-5H3,(H,19,21). The van der Waals surface area contributed by atoms with Crippen molar-refractivity contribution in [2.45, 2.75) is 51.3 Å². The fourth-order valence-corrected chi connectivity index (χ4v) is 2.30. The molecule has 1 aliphatic carbocycles. The summed E-state index contributed by atoms with van der Waals surface area (Å²) in [5.74, 6) is 0.934. The number of hydrogen-bond acceptors (Lipinski definition) is 5.